The van der Waals surface area contributed by atoms with Crippen LogP contribution >= 0.6 is 11.6 Å². The number of halogens is 1. The molecule has 1 aromatic heterocycles. The van der Waals surface area contributed by atoms with Crippen LogP contribution in [0, 0.1) is 0 Å². The van der Waals surface area contributed by atoms with Crippen molar-refractivity contribution in [2.45, 2.75) is 31.7 Å². The molecule has 210 valence electrons. The van der Waals surface area contributed by atoms with Crippen molar-refractivity contribution in [2.24, 2.45) is 5.10 Å². The Labute approximate surface area is 241 Å². The van der Waals surface area contributed by atoms with E-state index in [-0.39, 0.29) is 37.1 Å². The van der Waals surface area contributed by atoms with Crippen LogP contribution in [0.4, 0.5) is 0 Å². The first-order chi connectivity index (χ1) is 19.8. The number of amides is 1. The monoisotopic (exact) mass is 573 g/mol. The number of carboxylic acid groups (broad SMARTS) is 1. The summed E-state index contributed by atoms with van der Waals surface area (Å²) >= 11 is 6.18. The van der Waals surface area contributed by atoms with Crippen molar-refractivity contribution in [3.05, 3.63) is 93.2 Å². The number of hydrazone groups is 1. The quantitative estimate of drug-likeness (QED) is 0.261. The molecule has 2 N–H and O–H groups in total. The standard InChI is InChI=1S/C31H28ClN3O6/c1-40-20-14-15-26(41-2)22(16-20)25-17-24(34-35(25)27(36)8-5-9-28(37)38)30-29(18-10-12-19(32)13-11-18)21-6-3-4-7-23(21)33-31(30)39/h3-4,6-7,10-16,25H,5,8-9,17H2,1-2H3,(H,33,39)(H,37,38)/t25-/m0/s1. The van der Waals surface area contributed by atoms with E-state index in [0.29, 0.717) is 44.4 Å². The number of aromatic nitrogens is 1. The molecule has 5 rings (SSSR count). The summed E-state index contributed by atoms with van der Waals surface area (Å²) in [5.74, 6) is -0.245. The number of methoxy groups -OCH3 is 2. The zero-order valence-corrected chi connectivity index (χ0v) is 23.3. The second kappa shape index (κ2) is 11.9. The van der Waals surface area contributed by atoms with Gasteiger partial charge in [-0.2, -0.15) is 5.10 Å². The summed E-state index contributed by atoms with van der Waals surface area (Å²) in [5, 5.41) is 16.5. The molecule has 1 atom stereocenters. The molecule has 10 heteroatoms. The molecular formula is C31H28ClN3O6. The Hall–Kier alpha value is -4.63. The van der Waals surface area contributed by atoms with Crippen LogP contribution in [-0.4, -0.2) is 46.9 Å². The number of pyridine rings is 1. The maximum Gasteiger partial charge on any atom is 0.303 e. The van der Waals surface area contributed by atoms with Crippen molar-refractivity contribution in [1.29, 1.82) is 0 Å². The van der Waals surface area contributed by atoms with Gasteiger partial charge in [0.1, 0.15) is 11.5 Å². The number of H-pyrrole nitrogens is 1. The fourth-order valence-corrected chi connectivity index (χ4v) is 5.30. The van der Waals surface area contributed by atoms with Gasteiger partial charge in [-0.3, -0.25) is 14.4 Å². The van der Waals surface area contributed by atoms with Crippen LogP contribution in [0.1, 0.15) is 42.9 Å². The van der Waals surface area contributed by atoms with Crippen LogP contribution in [-0.2, 0) is 9.59 Å². The first-order valence-corrected chi connectivity index (χ1v) is 13.4. The Balaban J connectivity index is 1.68. The number of carboxylic acids is 1. The van der Waals surface area contributed by atoms with E-state index in [0.717, 1.165) is 10.9 Å². The Morgan fingerprint density at radius 1 is 1.02 bits per heavy atom. The largest absolute Gasteiger partial charge is 0.497 e. The van der Waals surface area contributed by atoms with Gasteiger partial charge >= 0.3 is 5.97 Å². The van der Waals surface area contributed by atoms with E-state index in [1.165, 1.54) is 12.1 Å². The highest BCUT2D eigenvalue weighted by molar-refractivity contribution is 6.30. The van der Waals surface area contributed by atoms with Gasteiger partial charge in [0, 0.05) is 46.3 Å². The lowest BCUT2D eigenvalue weighted by Crippen LogP contribution is -2.27. The van der Waals surface area contributed by atoms with Gasteiger partial charge in [0.15, 0.2) is 0 Å². The second-order valence-electron chi connectivity index (χ2n) is 9.62. The number of para-hydroxylation sites is 1. The number of nitrogens with zero attached hydrogens (tertiary/aromatic N) is 2. The van der Waals surface area contributed by atoms with Gasteiger partial charge in [0.05, 0.1) is 31.5 Å². The van der Waals surface area contributed by atoms with Crippen molar-refractivity contribution in [3.63, 3.8) is 0 Å². The summed E-state index contributed by atoms with van der Waals surface area (Å²) in [6.45, 7) is 0. The van der Waals surface area contributed by atoms with Crippen LogP contribution in [0.15, 0.2) is 76.6 Å². The van der Waals surface area contributed by atoms with Gasteiger partial charge in [0.25, 0.3) is 5.56 Å². The lowest BCUT2D eigenvalue weighted by molar-refractivity contribution is -0.137. The Morgan fingerprint density at radius 2 is 1.78 bits per heavy atom. The van der Waals surface area contributed by atoms with Crippen LogP contribution in [0.3, 0.4) is 0 Å². The molecule has 41 heavy (non-hydrogen) atoms. The number of hydrogen-bond acceptors (Lipinski definition) is 6. The highest BCUT2D eigenvalue weighted by Crippen LogP contribution is 2.41. The minimum atomic E-state index is -0.982. The topological polar surface area (TPSA) is 121 Å². The lowest BCUT2D eigenvalue weighted by atomic mass is 9.90. The van der Waals surface area contributed by atoms with E-state index < -0.39 is 12.0 Å². The number of hydrogen-bond donors (Lipinski definition) is 2. The molecule has 0 bridgehead atoms. The molecule has 0 saturated carbocycles. The summed E-state index contributed by atoms with van der Waals surface area (Å²) in [5.41, 5.74) is 3.19. The number of aliphatic carboxylic acids is 1. The first-order valence-electron chi connectivity index (χ1n) is 13.0. The highest BCUT2D eigenvalue weighted by Gasteiger charge is 2.37. The fourth-order valence-electron chi connectivity index (χ4n) is 5.17. The minimum Gasteiger partial charge on any atom is -0.497 e. The number of carbonyl (C=O) groups is 2. The maximum absolute atomic E-state index is 13.7. The van der Waals surface area contributed by atoms with Crippen molar-refractivity contribution >= 4 is 40.1 Å². The van der Waals surface area contributed by atoms with Gasteiger partial charge in [-0.1, -0.05) is 41.9 Å². The van der Waals surface area contributed by atoms with E-state index in [9.17, 15) is 14.4 Å². The number of rotatable bonds is 9. The molecule has 0 radical (unpaired) electrons. The summed E-state index contributed by atoms with van der Waals surface area (Å²) in [6, 6.07) is 19.4. The number of benzene rings is 3. The van der Waals surface area contributed by atoms with Crippen molar-refractivity contribution in [1.82, 2.24) is 9.99 Å². The average molecular weight is 574 g/mol. The van der Waals surface area contributed by atoms with Gasteiger partial charge < -0.3 is 19.6 Å². The normalized spacial score (nSPS) is 14.7. The van der Waals surface area contributed by atoms with E-state index >= 15 is 0 Å². The number of fused-ring (bicyclic) bond motifs is 1. The molecule has 1 amide bonds. The van der Waals surface area contributed by atoms with E-state index in [4.69, 9.17) is 31.3 Å². The summed E-state index contributed by atoms with van der Waals surface area (Å²) in [7, 11) is 3.08. The molecule has 0 spiro atoms. The summed E-state index contributed by atoms with van der Waals surface area (Å²) in [4.78, 5) is 41.2. The average Bonchev–Trinajstić information content (AvgIpc) is 3.41. The van der Waals surface area contributed by atoms with E-state index in [1.54, 1.807) is 37.4 Å². The first kappa shape index (κ1) is 27.9. The molecule has 3 aromatic carbocycles. The van der Waals surface area contributed by atoms with Crippen LogP contribution in [0.25, 0.3) is 22.0 Å². The summed E-state index contributed by atoms with van der Waals surface area (Å²) in [6.07, 6.45) is 0.207. The molecule has 0 unspecified atom stereocenters. The molecule has 0 fully saturated rings. The van der Waals surface area contributed by atoms with Gasteiger partial charge in [-0.05, 0) is 48.4 Å². The fraction of sp³-hybridized carbons (Fsp3) is 0.226. The molecule has 0 aliphatic carbocycles. The zero-order valence-electron chi connectivity index (χ0n) is 22.5. The molecule has 9 nitrogen and oxygen atoms in total. The third-order valence-electron chi connectivity index (χ3n) is 7.09. The lowest BCUT2D eigenvalue weighted by Gasteiger charge is -2.24. The number of carbonyl (C=O) groups excluding carboxylic acids is 1. The highest BCUT2D eigenvalue weighted by atomic mass is 35.5. The smallest absolute Gasteiger partial charge is 0.303 e. The van der Waals surface area contributed by atoms with E-state index in [2.05, 4.69) is 4.98 Å². The molecule has 1 aliphatic rings. The second-order valence-corrected chi connectivity index (χ2v) is 10.1. The van der Waals surface area contributed by atoms with Crippen LogP contribution < -0.4 is 15.0 Å². The predicted octanol–water partition coefficient (Wildman–Crippen LogP) is 5.80. The Kier molecular flexibility index (Phi) is 8.07. The van der Waals surface area contributed by atoms with E-state index in [1.807, 2.05) is 36.4 Å². The van der Waals surface area contributed by atoms with Crippen molar-refractivity contribution in [2.75, 3.05) is 14.2 Å². The minimum absolute atomic E-state index is 0.0238. The SMILES string of the molecule is COc1ccc(OC)c([C@@H]2CC(c3c(-c4ccc(Cl)cc4)c4ccccc4[nH]c3=O)=NN2C(=O)CCCC(=O)O)c1. The number of aromatic amines is 1. The molecule has 1 aliphatic heterocycles. The zero-order chi connectivity index (χ0) is 29.1. The van der Waals surface area contributed by atoms with Crippen LogP contribution in [0.5, 0.6) is 11.5 Å². The number of nitrogens with one attached hydrogen (secondary N) is 1. The summed E-state index contributed by atoms with van der Waals surface area (Å²) < 4.78 is 11.1. The van der Waals surface area contributed by atoms with Crippen molar-refractivity contribution in [3.8, 4) is 22.6 Å². The molecule has 2 heterocycles. The predicted molar refractivity (Wildman–Crippen MR) is 157 cm³/mol. The van der Waals surface area contributed by atoms with Crippen molar-refractivity contribution < 1.29 is 24.2 Å². The third kappa shape index (κ3) is 5.67. The molecule has 0 saturated heterocycles. The molecular weight excluding hydrogens is 546 g/mol. The maximum atomic E-state index is 13.7. The Morgan fingerprint density at radius 3 is 2.49 bits per heavy atom. The third-order valence-corrected chi connectivity index (χ3v) is 7.34. The van der Waals surface area contributed by atoms with Crippen LogP contribution in [0.2, 0.25) is 5.02 Å². The van der Waals surface area contributed by atoms with Gasteiger partial charge in [-0.15, -0.1) is 0 Å². The van der Waals surface area contributed by atoms with Gasteiger partial charge in [-0.25, -0.2) is 5.01 Å². The Bertz CT molecular complexity index is 1710. The van der Waals surface area contributed by atoms with Gasteiger partial charge in [0.2, 0.25) is 5.91 Å². The number of ether oxygens (including phenoxy) is 2. The molecule has 4 aromatic rings.